The Hall–Kier alpha value is -2.90. The predicted octanol–water partition coefficient (Wildman–Crippen LogP) is 3.80. The van der Waals surface area contributed by atoms with Crippen molar-refractivity contribution in [1.29, 1.82) is 0 Å². The van der Waals surface area contributed by atoms with Gasteiger partial charge in [-0.3, -0.25) is 9.59 Å². The summed E-state index contributed by atoms with van der Waals surface area (Å²) in [6, 6.07) is 15.4. The first-order valence-electron chi connectivity index (χ1n) is 9.72. The van der Waals surface area contributed by atoms with Gasteiger partial charge in [0.25, 0.3) is 11.5 Å². The van der Waals surface area contributed by atoms with Crippen LogP contribution in [0.5, 0.6) is 0 Å². The van der Waals surface area contributed by atoms with Crippen LogP contribution in [0, 0.1) is 0 Å². The van der Waals surface area contributed by atoms with Gasteiger partial charge in [-0.15, -0.1) is 0 Å². The zero-order valence-electron chi connectivity index (χ0n) is 16.6. The number of hydrogen-bond acceptors (Lipinski definition) is 3. The third-order valence-electron chi connectivity index (χ3n) is 5.15. The van der Waals surface area contributed by atoms with E-state index in [2.05, 4.69) is 44.0 Å². The zero-order chi connectivity index (χ0) is 21.1. The summed E-state index contributed by atoms with van der Waals surface area (Å²) in [7, 11) is 1.59. The van der Waals surface area contributed by atoms with Crippen molar-refractivity contribution in [3.8, 4) is 0 Å². The fourth-order valence-corrected chi connectivity index (χ4v) is 3.97. The van der Waals surface area contributed by atoms with Gasteiger partial charge in [-0.25, -0.2) is 0 Å². The summed E-state index contributed by atoms with van der Waals surface area (Å²) in [5.41, 5.74) is 1.47. The van der Waals surface area contributed by atoms with Crippen molar-refractivity contribution in [2.45, 2.75) is 13.1 Å². The summed E-state index contributed by atoms with van der Waals surface area (Å²) in [6.07, 6.45) is 3.64. The minimum Gasteiger partial charge on any atom is -0.383 e. The SMILES string of the molecule is COCCn1cc(C(=O)NCCn2ccc3ccc(Br)cc32)c2ccccc2c1=O. The Bertz CT molecular complexity index is 1280. The van der Waals surface area contributed by atoms with Crippen LogP contribution in [0.1, 0.15) is 10.4 Å². The molecule has 2 aromatic heterocycles. The van der Waals surface area contributed by atoms with Crippen LogP contribution in [0.15, 0.2) is 70.2 Å². The van der Waals surface area contributed by atoms with Gasteiger partial charge in [0, 0.05) is 59.9 Å². The maximum absolute atomic E-state index is 13.0. The van der Waals surface area contributed by atoms with Crippen molar-refractivity contribution in [3.05, 3.63) is 81.3 Å². The van der Waals surface area contributed by atoms with E-state index in [9.17, 15) is 9.59 Å². The highest BCUT2D eigenvalue weighted by Gasteiger charge is 2.14. The second-order valence-electron chi connectivity index (χ2n) is 7.05. The number of aromatic nitrogens is 2. The third-order valence-corrected chi connectivity index (χ3v) is 5.64. The number of rotatable bonds is 7. The Balaban J connectivity index is 1.56. The molecule has 0 saturated heterocycles. The molecule has 0 saturated carbocycles. The molecular weight excluding hydrogens is 446 g/mol. The number of nitrogens with one attached hydrogen (secondary N) is 1. The van der Waals surface area contributed by atoms with Gasteiger partial charge < -0.3 is 19.2 Å². The van der Waals surface area contributed by atoms with Crippen molar-refractivity contribution in [2.75, 3.05) is 20.3 Å². The molecule has 0 aliphatic heterocycles. The fraction of sp³-hybridized carbons (Fsp3) is 0.217. The average Bonchev–Trinajstić information content (AvgIpc) is 3.15. The summed E-state index contributed by atoms with van der Waals surface area (Å²) >= 11 is 3.51. The zero-order valence-corrected chi connectivity index (χ0v) is 18.2. The first-order valence-corrected chi connectivity index (χ1v) is 10.5. The molecule has 0 unspecified atom stereocenters. The van der Waals surface area contributed by atoms with Crippen LogP contribution in [0.2, 0.25) is 0 Å². The molecule has 0 spiro atoms. The molecule has 1 amide bonds. The van der Waals surface area contributed by atoms with Gasteiger partial charge in [0.2, 0.25) is 0 Å². The largest absolute Gasteiger partial charge is 0.383 e. The van der Waals surface area contributed by atoms with E-state index in [1.165, 1.54) is 4.57 Å². The van der Waals surface area contributed by atoms with Gasteiger partial charge in [0.1, 0.15) is 0 Å². The lowest BCUT2D eigenvalue weighted by Gasteiger charge is -2.13. The average molecular weight is 468 g/mol. The summed E-state index contributed by atoms with van der Waals surface area (Å²) in [6.45, 7) is 1.91. The first kappa shape index (κ1) is 20.4. The monoisotopic (exact) mass is 467 g/mol. The molecule has 30 heavy (non-hydrogen) atoms. The third kappa shape index (κ3) is 4.04. The van der Waals surface area contributed by atoms with Crippen molar-refractivity contribution in [1.82, 2.24) is 14.5 Å². The number of benzene rings is 2. The molecule has 2 aromatic carbocycles. The van der Waals surface area contributed by atoms with E-state index >= 15 is 0 Å². The minimum atomic E-state index is -0.199. The van der Waals surface area contributed by atoms with Crippen molar-refractivity contribution < 1.29 is 9.53 Å². The van der Waals surface area contributed by atoms with Gasteiger partial charge >= 0.3 is 0 Å². The van der Waals surface area contributed by atoms with Crippen LogP contribution < -0.4 is 10.9 Å². The van der Waals surface area contributed by atoms with E-state index in [1.807, 2.05) is 24.4 Å². The van der Waals surface area contributed by atoms with Gasteiger partial charge in [-0.1, -0.05) is 40.2 Å². The Labute approximate surface area is 182 Å². The van der Waals surface area contributed by atoms with Crippen LogP contribution in [0.3, 0.4) is 0 Å². The molecule has 7 heteroatoms. The summed E-state index contributed by atoms with van der Waals surface area (Å²) in [5, 5.41) is 5.33. The molecule has 2 heterocycles. The standard InChI is InChI=1S/C23H22BrN3O3/c1-30-13-12-27-15-20(18-4-2-3-5-19(18)23(27)29)22(28)25-9-11-26-10-8-16-6-7-17(24)14-21(16)26/h2-8,10,14-15H,9,11-13H2,1H3,(H,25,28). The number of amides is 1. The van der Waals surface area contributed by atoms with Crippen molar-refractivity contribution in [2.24, 2.45) is 0 Å². The molecule has 4 rings (SSSR count). The smallest absolute Gasteiger partial charge is 0.258 e. The molecule has 0 bridgehead atoms. The molecule has 6 nitrogen and oxygen atoms in total. The highest BCUT2D eigenvalue weighted by molar-refractivity contribution is 9.10. The van der Waals surface area contributed by atoms with E-state index in [4.69, 9.17) is 4.74 Å². The second-order valence-corrected chi connectivity index (χ2v) is 7.96. The normalized spacial score (nSPS) is 11.3. The van der Waals surface area contributed by atoms with Crippen LogP contribution in [0.4, 0.5) is 0 Å². The highest BCUT2D eigenvalue weighted by atomic mass is 79.9. The number of carbonyl (C=O) groups excluding carboxylic acids is 1. The first-order chi connectivity index (χ1) is 14.6. The van der Waals surface area contributed by atoms with E-state index in [-0.39, 0.29) is 11.5 Å². The lowest BCUT2D eigenvalue weighted by Crippen LogP contribution is -2.30. The number of hydrogen-bond donors (Lipinski definition) is 1. The van der Waals surface area contributed by atoms with Crippen molar-refractivity contribution in [3.63, 3.8) is 0 Å². The van der Waals surface area contributed by atoms with E-state index in [1.54, 1.807) is 25.4 Å². The molecule has 154 valence electrons. The molecule has 0 aliphatic rings. The molecule has 0 atom stereocenters. The van der Waals surface area contributed by atoms with E-state index in [0.29, 0.717) is 42.6 Å². The fourth-order valence-electron chi connectivity index (χ4n) is 3.62. The van der Waals surface area contributed by atoms with Gasteiger partial charge in [0.05, 0.1) is 12.2 Å². The number of fused-ring (bicyclic) bond motifs is 2. The molecule has 4 aromatic rings. The number of nitrogens with zero attached hydrogens (tertiary/aromatic N) is 2. The van der Waals surface area contributed by atoms with E-state index in [0.717, 1.165) is 15.4 Å². The summed E-state index contributed by atoms with van der Waals surface area (Å²) in [5.74, 6) is -0.199. The Kier molecular flexibility index (Phi) is 6.01. The van der Waals surface area contributed by atoms with Gasteiger partial charge in [-0.2, -0.15) is 0 Å². The number of carbonyl (C=O) groups is 1. The van der Waals surface area contributed by atoms with Crippen LogP contribution >= 0.6 is 15.9 Å². The van der Waals surface area contributed by atoms with Crippen LogP contribution in [-0.4, -0.2) is 35.3 Å². The topological polar surface area (TPSA) is 65.3 Å². The molecule has 0 fully saturated rings. The van der Waals surface area contributed by atoms with Crippen LogP contribution in [-0.2, 0) is 17.8 Å². The van der Waals surface area contributed by atoms with Crippen molar-refractivity contribution >= 4 is 43.5 Å². The number of methoxy groups -OCH3 is 1. The van der Waals surface area contributed by atoms with Gasteiger partial charge in [0.15, 0.2) is 0 Å². The minimum absolute atomic E-state index is 0.122. The lowest BCUT2D eigenvalue weighted by atomic mass is 10.1. The number of ether oxygens (including phenoxy) is 1. The maximum Gasteiger partial charge on any atom is 0.258 e. The molecule has 0 radical (unpaired) electrons. The summed E-state index contributed by atoms with van der Waals surface area (Å²) in [4.78, 5) is 25.7. The second kappa shape index (κ2) is 8.85. The predicted molar refractivity (Wildman–Crippen MR) is 122 cm³/mol. The molecule has 0 aliphatic carbocycles. The Morgan fingerprint density at radius 2 is 1.87 bits per heavy atom. The maximum atomic E-state index is 13.0. The van der Waals surface area contributed by atoms with Crippen LogP contribution in [0.25, 0.3) is 21.7 Å². The molecular formula is C23H22BrN3O3. The molecule has 1 N–H and O–H groups in total. The number of pyridine rings is 1. The van der Waals surface area contributed by atoms with Gasteiger partial charge in [-0.05, 0) is 29.7 Å². The van der Waals surface area contributed by atoms with E-state index < -0.39 is 0 Å². The lowest BCUT2D eigenvalue weighted by molar-refractivity contribution is 0.0953. The highest BCUT2D eigenvalue weighted by Crippen LogP contribution is 2.21. The summed E-state index contributed by atoms with van der Waals surface area (Å²) < 4.78 is 9.76. The number of halogens is 1. The quantitative estimate of drug-likeness (QED) is 0.449. The Morgan fingerprint density at radius 1 is 1.07 bits per heavy atom. The Morgan fingerprint density at radius 3 is 2.67 bits per heavy atom.